The lowest BCUT2D eigenvalue weighted by molar-refractivity contribution is -0.132. The first kappa shape index (κ1) is 28.8. The number of ether oxygens (including phenoxy) is 1. The third kappa shape index (κ3) is 7.14. The highest BCUT2D eigenvalue weighted by Gasteiger charge is 2.23. The van der Waals surface area contributed by atoms with Gasteiger partial charge in [-0.2, -0.15) is 0 Å². The summed E-state index contributed by atoms with van der Waals surface area (Å²) in [7, 11) is 1.60. The average molecular weight is 560 g/mol. The molecule has 0 atom stereocenters. The van der Waals surface area contributed by atoms with Crippen LogP contribution in [0, 0.1) is 6.92 Å². The molecule has 1 heterocycles. The van der Waals surface area contributed by atoms with E-state index in [1.54, 1.807) is 12.0 Å². The number of aryl methyl sites for hydroxylation is 1. The van der Waals surface area contributed by atoms with E-state index in [1.165, 1.54) is 5.56 Å². The van der Waals surface area contributed by atoms with Gasteiger partial charge < -0.3 is 19.5 Å². The van der Waals surface area contributed by atoms with Crippen molar-refractivity contribution >= 4 is 22.7 Å². The number of nitrogens with one attached hydrogen (secondary N) is 1. The summed E-state index contributed by atoms with van der Waals surface area (Å²) in [5.41, 5.74) is 7.14. The number of nitrogens with zero attached hydrogens (tertiary/aromatic N) is 2. The van der Waals surface area contributed by atoms with Crippen LogP contribution in [0.4, 0.5) is 0 Å². The summed E-state index contributed by atoms with van der Waals surface area (Å²) in [4.78, 5) is 34.3. The third-order valence-corrected chi connectivity index (χ3v) is 7.59. The quantitative estimate of drug-likeness (QED) is 0.190. The van der Waals surface area contributed by atoms with Crippen molar-refractivity contribution < 1.29 is 14.3 Å². The van der Waals surface area contributed by atoms with Gasteiger partial charge in [-0.15, -0.1) is 0 Å². The largest absolute Gasteiger partial charge is 0.383 e. The number of carbonyl (C=O) groups is 2. The van der Waals surface area contributed by atoms with Crippen LogP contribution in [-0.4, -0.2) is 59.9 Å². The summed E-state index contributed by atoms with van der Waals surface area (Å²) < 4.78 is 5.30. The van der Waals surface area contributed by atoms with Gasteiger partial charge >= 0.3 is 0 Å². The molecule has 5 rings (SSSR count). The molecule has 0 spiro atoms. The Morgan fingerprint density at radius 2 is 1.45 bits per heavy atom. The first-order valence-electron chi connectivity index (χ1n) is 14.3. The molecular weight excluding hydrogens is 522 g/mol. The topological polar surface area (TPSA) is 65.6 Å². The van der Waals surface area contributed by atoms with Gasteiger partial charge in [-0.05, 0) is 53.8 Å². The van der Waals surface area contributed by atoms with Crippen LogP contribution in [0.25, 0.3) is 22.0 Å². The molecule has 0 aliphatic heterocycles. The number of aromatic nitrogens is 1. The van der Waals surface area contributed by atoms with Gasteiger partial charge in [0, 0.05) is 49.4 Å². The SMILES string of the molecule is COCCN(CC(=O)N(CCc1c[nH]c2ccccc12)Cc1ccc(C)cc1)C(=O)c1ccc(-c2ccccc2)cc1. The Labute approximate surface area is 247 Å². The van der Waals surface area contributed by atoms with E-state index in [-0.39, 0.29) is 18.4 Å². The smallest absolute Gasteiger partial charge is 0.254 e. The van der Waals surface area contributed by atoms with E-state index in [2.05, 4.69) is 48.3 Å². The summed E-state index contributed by atoms with van der Waals surface area (Å²) in [6, 6.07) is 34.0. The highest BCUT2D eigenvalue weighted by Crippen LogP contribution is 2.21. The zero-order chi connectivity index (χ0) is 29.3. The molecule has 6 nitrogen and oxygen atoms in total. The number of aromatic amines is 1. The number of fused-ring (bicyclic) bond motifs is 1. The number of benzene rings is 4. The third-order valence-electron chi connectivity index (χ3n) is 7.59. The van der Waals surface area contributed by atoms with Gasteiger partial charge in [-0.3, -0.25) is 9.59 Å². The van der Waals surface area contributed by atoms with Gasteiger partial charge in [0.05, 0.1) is 6.61 Å². The van der Waals surface area contributed by atoms with Gasteiger partial charge in [0.25, 0.3) is 5.91 Å². The average Bonchev–Trinajstić information content (AvgIpc) is 3.45. The Hall–Kier alpha value is -4.68. The second kappa shape index (κ2) is 13.8. The first-order chi connectivity index (χ1) is 20.5. The van der Waals surface area contributed by atoms with Crippen molar-refractivity contribution in [3.8, 4) is 11.1 Å². The second-order valence-electron chi connectivity index (χ2n) is 10.6. The summed E-state index contributed by atoms with van der Waals surface area (Å²) in [6.45, 7) is 3.70. The zero-order valence-corrected chi connectivity index (χ0v) is 24.3. The molecule has 0 saturated heterocycles. The van der Waals surface area contributed by atoms with Crippen molar-refractivity contribution in [2.75, 3.05) is 33.4 Å². The highest BCUT2D eigenvalue weighted by atomic mass is 16.5. The molecule has 6 heteroatoms. The highest BCUT2D eigenvalue weighted by molar-refractivity contribution is 5.97. The molecule has 1 N–H and O–H groups in total. The standard InChI is InChI=1S/C36H37N3O3/c1-27-12-14-28(15-13-27)25-38(21-20-32-24-37-34-11-7-6-10-33(32)34)35(40)26-39(22-23-42-2)36(41)31-18-16-30(17-19-31)29-8-4-3-5-9-29/h3-19,24,37H,20-23,25-26H2,1-2H3. The maximum atomic E-state index is 13.9. The van der Waals surface area contributed by atoms with E-state index >= 15 is 0 Å². The fourth-order valence-corrected chi connectivity index (χ4v) is 5.14. The molecule has 0 unspecified atom stereocenters. The van der Waals surface area contributed by atoms with Gasteiger partial charge in [-0.25, -0.2) is 0 Å². The number of H-pyrrole nitrogens is 1. The Balaban J connectivity index is 1.34. The normalized spacial score (nSPS) is 11.0. The molecule has 2 amide bonds. The van der Waals surface area contributed by atoms with Crippen molar-refractivity contribution in [3.05, 3.63) is 132 Å². The summed E-state index contributed by atoms with van der Waals surface area (Å²) in [5, 5.41) is 1.16. The molecule has 0 radical (unpaired) electrons. The van der Waals surface area contributed by atoms with E-state index in [9.17, 15) is 9.59 Å². The van der Waals surface area contributed by atoms with Crippen molar-refractivity contribution in [2.45, 2.75) is 19.9 Å². The molecule has 214 valence electrons. The van der Waals surface area contributed by atoms with Crippen LogP contribution >= 0.6 is 0 Å². The molecule has 42 heavy (non-hydrogen) atoms. The fourth-order valence-electron chi connectivity index (χ4n) is 5.14. The van der Waals surface area contributed by atoms with E-state index in [0.717, 1.165) is 33.2 Å². The van der Waals surface area contributed by atoms with Gasteiger partial charge in [0.2, 0.25) is 5.91 Å². The van der Waals surface area contributed by atoms with Crippen molar-refractivity contribution in [1.29, 1.82) is 0 Å². The van der Waals surface area contributed by atoms with Crippen LogP contribution < -0.4 is 0 Å². The molecule has 0 aliphatic carbocycles. The molecular formula is C36H37N3O3. The van der Waals surface area contributed by atoms with E-state index < -0.39 is 0 Å². The monoisotopic (exact) mass is 559 g/mol. The number of hydrogen-bond acceptors (Lipinski definition) is 3. The fraction of sp³-hybridized carbons (Fsp3) is 0.222. The number of carbonyl (C=O) groups excluding carboxylic acids is 2. The van der Waals surface area contributed by atoms with E-state index in [1.807, 2.05) is 77.8 Å². The molecule has 5 aromatic rings. The van der Waals surface area contributed by atoms with E-state index in [4.69, 9.17) is 4.74 Å². The summed E-state index contributed by atoms with van der Waals surface area (Å²) in [5.74, 6) is -0.285. The first-order valence-corrected chi connectivity index (χ1v) is 14.3. The maximum absolute atomic E-state index is 13.9. The number of amides is 2. The predicted molar refractivity (Wildman–Crippen MR) is 168 cm³/mol. The molecule has 1 aromatic heterocycles. The lowest BCUT2D eigenvalue weighted by atomic mass is 10.0. The Morgan fingerprint density at radius 1 is 0.762 bits per heavy atom. The Morgan fingerprint density at radius 3 is 2.19 bits per heavy atom. The van der Waals surface area contributed by atoms with Crippen LogP contribution in [0.3, 0.4) is 0 Å². The number of hydrogen-bond donors (Lipinski definition) is 1. The van der Waals surface area contributed by atoms with Gasteiger partial charge in [0.15, 0.2) is 0 Å². The minimum absolute atomic E-state index is 0.0254. The number of methoxy groups -OCH3 is 1. The summed E-state index contributed by atoms with van der Waals surface area (Å²) >= 11 is 0. The number of rotatable bonds is 12. The van der Waals surface area contributed by atoms with Crippen LogP contribution in [0.5, 0.6) is 0 Å². The lowest BCUT2D eigenvalue weighted by Gasteiger charge is -2.28. The van der Waals surface area contributed by atoms with Crippen LogP contribution in [0.2, 0.25) is 0 Å². The van der Waals surface area contributed by atoms with Crippen molar-refractivity contribution in [2.24, 2.45) is 0 Å². The number of para-hydroxylation sites is 1. The van der Waals surface area contributed by atoms with E-state index in [0.29, 0.717) is 38.2 Å². The van der Waals surface area contributed by atoms with Crippen molar-refractivity contribution in [3.63, 3.8) is 0 Å². The maximum Gasteiger partial charge on any atom is 0.254 e. The van der Waals surface area contributed by atoms with Gasteiger partial charge in [-0.1, -0.05) is 90.5 Å². The molecule has 0 fully saturated rings. The van der Waals surface area contributed by atoms with Gasteiger partial charge in [0.1, 0.15) is 6.54 Å². The predicted octanol–water partition coefficient (Wildman–Crippen LogP) is 6.50. The lowest BCUT2D eigenvalue weighted by Crippen LogP contribution is -2.44. The molecule has 4 aromatic carbocycles. The van der Waals surface area contributed by atoms with Crippen LogP contribution in [-0.2, 0) is 22.5 Å². The molecule has 0 saturated carbocycles. The second-order valence-corrected chi connectivity index (χ2v) is 10.6. The summed E-state index contributed by atoms with van der Waals surface area (Å²) in [6.07, 6.45) is 2.72. The Kier molecular flexibility index (Phi) is 9.47. The van der Waals surface area contributed by atoms with Crippen LogP contribution in [0.15, 0.2) is 109 Å². The van der Waals surface area contributed by atoms with Crippen LogP contribution in [0.1, 0.15) is 27.0 Å². The molecule has 0 bridgehead atoms. The minimum Gasteiger partial charge on any atom is -0.383 e. The minimum atomic E-state index is -0.188. The molecule has 0 aliphatic rings. The Bertz CT molecular complexity index is 1610. The zero-order valence-electron chi connectivity index (χ0n) is 24.3. The van der Waals surface area contributed by atoms with Crippen molar-refractivity contribution in [1.82, 2.24) is 14.8 Å².